The van der Waals surface area contributed by atoms with Gasteiger partial charge in [0, 0.05) is 56.0 Å². The molecule has 3 aromatic carbocycles. The van der Waals surface area contributed by atoms with Crippen molar-refractivity contribution in [3.63, 3.8) is 0 Å². The molecule has 1 amide bonds. The van der Waals surface area contributed by atoms with Crippen LogP contribution in [0.4, 0.5) is 5.69 Å². The van der Waals surface area contributed by atoms with Crippen molar-refractivity contribution < 1.29 is 17.8 Å². The average molecular weight is 708 g/mol. The number of nitrogens with zero attached hydrogens (tertiary/aromatic N) is 4. The van der Waals surface area contributed by atoms with Gasteiger partial charge in [0.05, 0.1) is 34.1 Å². The van der Waals surface area contributed by atoms with Crippen molar-refractivity contribution in [3.8, 4) is 22.4 Å². The molecule has 5 heterocycles. The fraction of sp³-hybridized carbons (Fsp3) is 0.333. The topological polar surface area (TPSA) is 111 Å². The Bertz CT molecular complexity index is 2160. The maximum absolute atomic E-state index is 14.9. The van der Waals surface area contributed by atoms with Crippen molar-refractivity contribution in [2.24, 2.45) is 0 Å². The SMILES string of the molecule is CN1C(=O)C2(CCNCC2)c2c1cnc1c2c(-c2ccccc2)c(-c2ccc(CN3CCC([S+](C)[O-])CC3)cc2)n1S(=O)(=O)c1ccccc1. The third-order valence-electron chi connectivity index (χ3n) is 10.9. The Balaban J connectivity index is 1.37. The molecule has 0 saturated carbocycles. The van der Waals surface area contributed by atoms with Gasteiger partial charge in [0.15, 0.2) is 5.65 Å². The summed E-state index contributed by atoms with van der Waals surface area (Å²) in [7, 11) is -2.35. The highest BCUT2D eigenvalue weighted by molar-refractivity contribution is 7.91. The van der Waals surface area contributed by atoms with Crippen LogP contribution >= 0.6 is 0 Å². The van der Waals surface area contributed by atoms with Crippen LogP contribution in [0.25, 0.3) is 33.4 Å². The Labute approximate surface area is 296 Å². The summed E-state index contributed by atoms with van der Waals surface area (Å²) in [5.41, 5.74) is 5.14. The van der Waals surface area contributed by atoms with Gasteiger partial charge in [-0.1, -0.05) is 84.0 Å². The molecule has 1 spiro atoms. The lowest BCUT2D eigenvalue weighted by molar-refractivity contribution is -0.123. The first-order chi connectivity index (χ1) is 24.2. The summed E-state index contributed by atoms with van der Waals surface area (Å²) >= 11 is -0.802. The Morgan fingerprint density at radius 2 is 1.56 bits per heavy atom. The zero-order valence-corrected chi connectivity index (χ0v) is 30.0. The number of likely N-dealkylation sites (N-methyl/N-ethyl adjacent to an activating group) is 1. The van der Waals surface area contributed by atoms with Crippen molar-refractivity contribution in [2.75, 3.05) is 44.4 Å². The molecule has 0 radical (unpaired) electrons. The number of likely N-dealkylation sites (tertiary alicyclic amines) is 1. The number of hydrogen-bond donors (Lipinski definition) is 1. The molecule has 0 aliphatic carbocycles. The number of carbonyl (C=O) groups is 1. The molecular weight excluding hydrogens is 667 g/mol. The minimum Gasteiger partial charge on any atom is -0.616 e. The summed E-state index contributed by atoms with van der Waals surface area (Å²) in [6.45, 7) is 3.94. The Morgan fingerprint density at radius 3 is 2.20 bits per heavy atom. The first-order valence-corrected chi connectivity index (χ1v) is 20.3. The number of carbonyl (C=O) groups excluding carboxylic acids is 1. The van der Waals surface area contributed by atoms with E-state index in [1.54, 1.807) is 54.7 Å². The van der Waals surface area contributed by atoms with Crippen LogP contribution in [0.2, 0.25) is 0 Å². The van der Waals surface area contributed by atoms with E-state index in [0.29, 0.717) is 42.7 Å². The molecular formula is C39H41N5O4S2. The molecule has 5 aromatic rings. The number of hydrogen-bond acceptors (Lipinski definition) is 7. The van der Waals surface area contributed by atoms with Crippen LogP contribution in [0.15, 0.2) is 96.0 Å². The summed E-state index contributed by atoms with van der Waals surface area (Å²) < 4.78 is 43.2. The van der Waals surface area contributed by atoms with Gasteiger partial charge in [0.2, 0.25) is 5.91 Å². The van der Waals surface area contributed by atoms with E-state index in [4.69, 9.17) is 4.98 Å². The van der Waals surface area contributed by atoms with Gasteiger partial charge in [-0.3, -0.25) is 9.69 Å². The molecule has 1 N–H and O–H groups in total. The van der Waals surface area contributed by atoms with E-state index in [9.17, 15) is 17.8 Å². The van der Waals surface area contributed by atoms with Crippen LogP contribution in [-0.4, -0.2) is 77.5 Å². The maximum atomic E-state index is 14.9. The molecule has 0 bridgehead atoms. The highest BCUT2D eigenvalue weighted by Crippen LogP contribution is 2.54. The minimum atomic E-state index is -4.15. The van der Waals surface area contributed by atoms with Gasteiger partial charge in [0.25, 0.3) is 10.0 Å². The number of fused-ring (bicyclic) bond motifs is 4. The van der Waals surface area contributed by atoms with Gasteiger partial charge < -0.3 is 14.8 Å². The second-order valence-corrected chi connectivity index (χ2v) is 17.2. The molecule has 8 rings (SSSR count). The summed E-state index contributed by atoms with van der Waals surface area (Å²) in [4.78, 5) is 23.4. The summed E-state index contributed by atoms with van der Waals surface area (Å²) in [5.74, 6) is 0.0288. The number of aromatic nitrogens is 2. The molecule has 9 nitrogen and oxygen atoms in total. The highest BCUT2D eigenvalue weighted by Gasteiger charge is 2.52. The highest BCUT2D eigenvalue weighted by atomic mass is 32.2. The standard InChI is InChI=1S/C39H41N5O4S2/c1-42-32-25-41-37-34(35(32)39(38(42)45)19-21-40-22-20-39)33(28-9-5-3-6-10-28)36(44(37)50(47,48)31-11-7-4-8-12-31)29-15-13-27(14-16-29)26-43-23-17-30(18-24-43)49(2)46/h3-16,25,30,40H,17-24,26H2,1-2H3. The molecule has 3 aliphatic rings. The molecule has 3 aliphatic heterocycles. The van der Waals surface area contributed by atoms with Gasteiger partial charge >= 0.3 is 0 Å². The Hall–Kier alpha value is -4.00. The molecule has 2 fully saturated rings. The maximum Gasteiger partial charge on any atom is 0.269 e. The lowest BCUT2D eigenvalue weighted by atomic mass is 9.72. The zero-order chi connectivity index (χ0) is 34.6. The van der Waals surface area contributed by atoms with Gasteiger partial charge in [-0.05, 0) is 54.8 Å². The third-order valence-corrected chi connectivity index (χ3v) is 14.0. The van der Waals surface area contributed by atoms with E-state index in [1.807, 2.05) is 42.5 Å². The number of pyridine rings is 1. The molecule has 1 unspecified atom stereocenters. The second-order valence-electron chi connectivity index (χ2n) is 13.8. The smallest absolute Gasteiger partial charge is 0.269 e. The van der Waals surface area contributed by atoms with Crippen LogP contribution in [-0.2, 0) is 38.0 Å². The van der Waals surface area contributed by atoms with E-state index in [0.717, 1.165) is 66.0 Å². The Morgan fingerprint density at radius 1 is 0.920 bits per heavy atom. The van der Waals surface area contributed by atoms with Crippen molar-refractivity contribution in [1.29, 1.82) is 0 Å². The zero-order valence-electron chi connectivity index (χ0n) is 28.3. The molecule has 258 valence electrons. The lowest BCUT2D eigenvalue weighted by Crippen LogP contribution is -2.46. The van der Waals surface area contributed by atoms with E-state index in [2.05, 4.69) is 22.3 Å². The summed E-state index contributed by atoms with van der Waals surface area (Å²) in [5, 5.41) is 4.39. The summed E-state index contributed by atoms with van der Waals surface area (Å²) in [6.07, 6.45) is 6.55. The number of anilines is 1. The largest absolute Gasteiger partial charge is 0.616 e. The molecule has 50 heavy (non-hydrogen) atoms. The van der Waals surface area contributed by atoms with Gasteiger partial charge in [0.1, 0.15) is 5.25 Å². The molecule has 1 atom stereocenters. The van der Waals surface area contributed by atoms with Crippen LogP contribution in [0.5, 0.6) is 0 Å². The lowest BCUT2D eigenvalue weighted by Gasteiger charge is -2.33. The number of rotatable bonds is 7. The minimum absolute atomic E-state index is 0.0288. The Kier molecular flexibility index (Phi) is 8.59. The van der Waals surface area contributed by atoms with Crippen molar-refractivity contribution >= 4 is 43.8 Å². The van der Waals surface area contributed by atoms with E-state index in [-0.39, 0.29) is 16.1 Å². The van der Waals surface area contributed by atoms with Crippen LogP contribution in [0, 0.1) is 0 Å². The van der Waals surface area contributed by atoms with Crippen molar-refractivity contribution in [1.82, 2.24) is 19.2 Å². The van der Waals surface area contributed by atoms with Gasteiger partial charge in [-0.2, -0.15) is 0 Å². The van der Waals surface area contributed by atoms with E-state index >= 15 is 0 Å². The van der Waals surface area contributed by atoms with Gasteiger partial charge in [-0.25, -0.2) is 17.4 Å². The number of nitrogens with one attached hydrogen (secondary N) is 1. The van der Waals surface area contributed by atoms with Crippen LogP contribution in [0.1, 0.15) is 36.8 Å². The first-order valence-electron chi connectivity index (χ1n) is 17.3. The van der Waals surface area contributed by atoms with Crippen molar-refractivity contribution in [3.05, 3.63) is 102 Å². The number of amides is 1. The van der Waals surface area contributed by atoms with E-state index in [1.165, 1.54) is 3.97 Å². The van der Waals surface area contributed by atoms with Crippen molar-refractivity contribution in [2.45, 2.75) is 47.8 Å². The third kappa shape index (κ3) is 5.38. The monoisotopic (exact) mass is 707 g/mol. The number of piperidine rings is 2. The number of benzene rings is 3. The average Bonchev–Trinajstić information content (AvgIpc) is 3.60. The molecule has 2 aromatic heterocycles. The fourth-order valence-corrected chi connectivity index (χ4v) is 10.7. The molecule has 11 heteroatoms. The fourth-order valence-electron chi connectivity index (χ4n) is 8.31. The first kappa shape index (κ1) is 33.2. The predicted octanol–water partition coefficient (Wildman–Crippen LogP) is 5.55. The molecule has 2 saturated heterocycles. The second kappa shape index (κ2) is 13.0. The predicted molar refractivity (Wildman–Crippen MR) is 199 cm³/mol. The summed E-state index contributed by atoms with van der Waals surface area (Å²) in [6, 6.07) is 26.6. The van der Waals surface area contributed by atoms with E-state index < -0.39 is 26.6 Å². The van der Waals surface area contributed by atoms with Gasteiger partial charge in [-0.15, -0.1) is 0 Å². The quantitative estimate of drug-likeness (QED) is 0.221. The van der Waals surface area contributed by atoms with Crippen LogP contribution in [0.3, 0.4) is 0 Å². The normalized spacial score (nSPS) is 18.9. The van der Waals surface area contributed by atoms with Crippen LogP contribution < -0.4 is 10.2 Å².